The average molecular weight is 447 g/mol. The van der Waals surface area contributed by atoms with E-state index in [0.29, 0.717) is 21.5 Å². The molecule has 7 nitrogen and oxygen atoms in total. The van der Waals surface area contributed by atoms with E-state index in [2.05, 4.69) is 21.9 Å². The van der Waals surface area contributed by atoms with E-state index < -0.39 is 11.9 Å². The molecule has 0 saturated carbocycles. The Labute approximate surface area is 171 Å². The second-order valence-corrected chi connectivity index (χ2v) is 6.50. The number of nitriles is 1. The fraction of sp³-hybridized carbons (Fsp3) is 0.300. The predicted octanol–water partition coefficient (Wildman–Crippen LogP) is 3.11. The van der Waals surface area contributed by atoms with Crippen molar-refractivity contribution >= 4 is 21.9 Å². The van der Waals surface area contributed by atoms with E-state index in [0.717, 1.165) is 0 Å². The number of carbonyl (C=O) groups excluding carboxylic acids is 1. The van der Waals surface area contributed by atoms with Gasteiger partial charge in [0.05, 0.1) is 29.7 Å². The SMILES string of the molecule is C#CCOc1c(Br)cc(C2C(C#N)=C(N)OC(C)=C2C(=O)OCC)cc1OC. The van der Waals surface area contributed by atoms with Crippen LogP contribution in [0.5, 0.6) is 11.5 Å². The zero-order valence-corrected chi connectivity index (χ0v) is 17.3. The molecule has 2 rings (SSSR count). The second kappa shape index (κ2) is 9.20. The van der Waals surface area contributed by atoms with Crippen molar-refractivity contribution in [2.24, 2.45) is 5.73 Å². The Morgan fingerprint density at radius 2 is 2.18 bits per heavy atom. The van der Waals surface area contributed by atoms with Gasteiger partial charge in [0, 0.05) is 0 Å². The molecule has 2 N–H and O–H groups in total. The zero-order chi connectivity index (χ0) is 20.8. The van der Waals surface area contributed by atoms with Crippen molar-refractivity contribution in [3.05, 3.63) is 45.0 Å². The second-order valence-electron chi connectivity index (χ2n) is 5.64. The Balaban J connectivity index is 2.68. The fourth-order valence-corrected chi connectivity index (χ4v) is 3.42. The molecule has 0 saturated heterocycles. The van der Waals surface area contributed by atoms with Gasteiger partial charge in [0.25, 0.3) is 0 Å². The van der Waals surface area contributed by atoms with Crippen molar-refractivity contribution in [3.8, 4) is 29.9 Å². The van der Waals surface area contributed by atoms with Gasteiger partial charge in [-0.25, -0.2) is 4.79 Å². The number of nitrogens with two attached hydrogens (primary N) is 1. The van der Waals surface area contributed by atoms with Crippen molar-refractivity contribution in [2.75, 3.05) is 20.3 Å². The molecule has 1 heterocycles. The Morgan fingerprint density at radius 3 is 2.75 bits per heavy atom. The van der Waals surface area contributed by atoms with Crippen LogP contribution >= 0.6 is 15.9 Å². The lowest BCUT2D eigenvalue weighted by atomic mass is 9.83. The van der Waals surface area contributed by atoms with Gasteiger partial charge >= 0.3 is 5.97 Å². The van der Waals surface area contributed by atoms with Gasteiger partial charge in [0.15, 0.2) is 11.5 Å². The minimum atomic E-state index is -0.787. The number of benzene rings is 1. The summed E-state index contributed by atoms with van der Waals surface area (Å²) in [4.78, 5) is 12.6. The molecule has 1 unspecified atom stereocenters. The lowest BCUT2D eigenvalue weighted by Gasteiger charge is -2.27. The van der Waals surface area contributed by atoms with Gasteiger partial charge in [0.2, 0.25) is 5.88 Å². The molecule has 0 aromatic heterocycles. The van der Waals surface area contributed by atoms with Crippen molar-refractivity contribution in [3.63, 3.8) is 0 Å². The van der Waals surface area contributed by atoms with Crippen molar-refractivity contribution in [2.45, 2.75) is 19.8 Å². The summed E-state index contributed by atoms with van der Waals surface area (Å²) in [5.74, 6) is 1.99. The molecular weight excluding hydrogens is 428 g/mol. The summed E-state index contributed by atoms with van der Waals surface area (Å²) in [5, 5.41) is 9.64. The summed E-state index contributed by atoms with van der Waals surface area (Å²) in [6.45, 7) is 3.51. The van der Waals surface area contributed by atoms with E-state index in [1.165, 1.54) is 7.11 Å². The van der Waals surface area contributed by atoms with Crippen LogP contribution < -0.4 is 15.2 Å². The Bertz CT molecular complexity index is 937. The predicted molar refractivity (Wildman–Crippen MR) is 105 cm³/mol. The Morgan fingerprint density at radius 1 is 1.46 bits per heavy atom. The Kier molecular flexibility index (Phi) is 6.97. The average Bonchev–Trinajstić information content (AvgIpc) is 2.66. The van der Waals surface area contributed by atoms with E-state index >= 15 is 0 Å². The molecule has 1 aromatic rings. The number of terminal acetylenes is 1. The fourth-order valence-electron chi connectivity index (χ4n) is 2.85. The monoisotopic (exact) mass is 446 g/mol. The van der Waals surface area contributed by atoms with E-state index in [1.54, 1.807) is 26.0 Å². The van der Waals surface area contributed by atoms with Crippen LogP contribution in [0.4, 0.5) is 0 Å². The number of carbonyl (C=O) groups is 1. The smallest absolute Gasteiger partial charge is 0.338 e. The molecule has 0 amide bonds. The van der Waals surface area contributed by atoms with Crippen molar-refractivity contribution in [1.29, 1.82) is 5.26 Å². The number of rotatable bonds is 6. The minimum absolute atomic E-state index is 0.0506. The standard InChI is InChI=1S/C20H19BrN2O5/c1-5-7-27-18-14(21)8-12(9-15(18)25-4)17-13(10-22)19(23)28-11(3)16(17)20(24)26-6-2/h1,8-9,17H,6-7,23H2,2-4H3. The van der Waals surface area contributed by atoms with Crippen molar-refractivity contribution in [1.82, 2.24) is 0 Å². The lowest BCUT2D eigenvalue weighted by Crippen LogP contribution is -2.25. The number of halogens is 1. The number of methoxy groups -OCH3 is 1. The molecule has 1 atom stereocenters. The highest BCUT2D eigenvalue weighted by molar-refractivity contribution is 9.10. The largest absolute Gasteiger partial charge is 0.493 e. The summed E-state index contributed by atoms with van der Waals surface area (Å²) in [6, 6.07) is 5.40. The molecule has 0 fully saturated rings. The molecule has 1 aromatic carbocycles. The number of hydrogen-bond donors (Lipinski definition) is 1. The third-order valence-electron chi connectivity index (χ3n) is 3.99. The molecular formula is C20H19BrN2O5. The summed E-state index contributed by atoms with van der Waals surface area (Å²) < 4.78 is 22.0. The molecule has 0 bridgehead atoms. The molecule has 0 radical (unpaired) electrons. The first-order valence-electron chi connectivity index (χ1n) is 8.28. The third kappa shape index (κ3) is 4.08. The molecule has 0 aliphatic carbocycles. The third-order valence-corrected chi connectivity index (χ3v) is 4.57. The van der Waals surface area contributed by atoms with Gasteiger partial charge in [-0.1, -0.05) is 5.92 Å². The molecule has 28 heavy (non-hydrogen) atoms. The van der Waals surface area contributed by atoms with Gasteiger partial charge in [-0.15, -0.1) is 6.42 Å². The van der Waals surface area contributed by atoms with Crippen LogP contribution in [0.25, 0.3) is 0 Å². The topological polar surface area (TPSA) is 104 Å². The summed E-state index contributed by atoms with van der Waals surface area (Å²) in [7, 11) is 1.47. The highest BCUT2D eigenvalue weighted by atomic mass is 79.9. The van der Waals surface area contributed by atoms with Gasteiger partial charge in [0.1, 0.15) is 24.0 Å². The molecule has 146 valence electrons. The van der Waals surface area contributed by atoms with Crippen LogP contribution in [0.15, 0.2) is 39.4 Å². The van der Waals surface area contributed by atoms with Crippen LogP contribution in [-0.2, 0) is 14.3 Å². The lowest BCUT2D eigenvalue weighted by molar-refractivity contribution is -0.139. The van der Waals surface area contributed by atoms with Crippen LogP contribution in [0.3, 0.4) is 0 Å². The van der Waals surface area contributed by atoms with Crippen LogP contribution in [0.1, 0.15) is 25.3 Å². The van der Waals surface area contributed by atoms with Gasteiger partial charge in [-0.2, -0.15) is 5.26 Å². The van der Waals surface area contributed by atoms with Crippen LogP contribution in [-0.4, -0.2) is 26.3 Å². The Hall–Kier alpha value is -3.10. The summed E-state index contributed by atoms with van der Waals surface area (Å²) >= 11 is 3.43. The number of ether oxygens (including phenoxy) is 4. The maximum absolute atomic E-state index is 12.6. The first-order valence-corrected chi connectivity index (χ1v) is 9.07. The molecule has 0 spiro atoms. The van der Waals surface area contributed by atoms with E-state index in [9.17, 15) is 10.1 Å². The van der Waals surface area contributed by atoms with Gasteiger partial charge in [-0.3, -0.25) is 0 Å². The summed E-state index contributed by atoms with van der Waals surface area (Å²) in [6.07, 6.45) is 5.25. The van der Waals surface area contributed by atoms with Gasteiger partial charge < -0.3 is 24.7 Å². The highest BCUT2D eigenvalue weighted by Crippen LogP contribution is 2.45. The summed E-state index contributed by atoms with van der Waals surface area (Å²) in [5.41, 5.74) is 6.77. The van der Waals surface area contributed by atoms with Crippen LogP contribution in [0.2, 0.25) is 0 Å². The number of nitrogens with zero attached hydrogens (tertiary/aromatic N) is 1. The van der Waals surface area contributed by atoms with E-state index in [1.807, 2.05) is 6.07 Å². The molecule has 1 aliphatic rings. The maximum atomic E-state index is 12.6. The van der Waals surface area contributed by atoms with E-state index in [4.69, 9.17) is 31.1 Å². The first-order chi connectivity index (χ1) is 13.4. The van der Waals surface area contributed by atoms with E-state index in [-0.39, 0.29) is 36.0 Å². The number of hydrogen-bond acceptors (Lipinski definition) is 7. The molecule has 8 heteroatoms. The van der Waals surface area contributed by atoms with Crippen molar-refractivity contribution < 1.29 is 23.7 Å². The van der Waals surface area contributed by atoms with Crippen LogP contribution in [0, 0.1) is 23.7 Å². The zero-order valence-electron chi connectivity index (χ0n) is 15.7. The highest BCUT2D eigenvalue weighted by Gasteiger charge is 2.37. The van der Waals surface area contributed by atoms with Gasteiger partial charge in [-0.05, 0) is 47.5 Å². The maximum Gasteiger partial charge on any atom is 0.338 e. The first kappa shape index (κ1) is 21.2. The number of allylic oxidation sites excluding steroid dienone is 2. The minimum Gasteiger partial charge on any atom is -0.493 e. The normalized spacial score (nSPS) is 16.0. The molecule has 1 aliphatic heterocycles. The quantitative estimate of drug-likeness (QED) is 0.528. The number of esters is 1.